The number of aromatic nitrogens is 4. The molecule has 0 radical (unpaired) electrons. The molecule has 3 aromatic carbocycles. The normalized spacial score (nSPS) is 11.5. The van der Waals surface area contributed by atoms with Crippen molar-refractivity contribution in [2.24, 2.45) is 7.05 Å². The maximum Gasteiger partial charge on any atom is 0.196 e. The van der Waals surface area contributed by atoms with Gasteiger partial charge in [0.2, 0.25) is 0 Å². The molecule has 0 unspecified atom stereocenters. The predicted molar refractivity (Wildman–Crippen MR) is 150 cm³/mol. The van der Waals surface area contributed by atoms with Crippen LogP contribution in [0.3, 0.4) is 0 Å². The van der Waals surface area contributed by atoms with Crippen molar-refractivity contribution in [1.82, 2.24) is 19.3 Å². The van der Waals surface area contributed by atoms with E-state index in [4.69, 9.17) is 46.4 Å². The fraction of sp³-hybridized carbons (Fsp3) is 0.120. The minimum absolute atomic E-state index is 0.524. The van der Waals surface area contributed by atoms with E-state index < -0.39 is 0 Å². The Kier molecular flexibility index (Phi) is 7.58. The van der Waals surface area contributed by atoms with E-state index >= 15 is 0 Å². The summed E-state index contributed by atoms with van der Waals surface area (Å²) >= 11 is 29.0. The summed E-state index contributed by atoms with van der Waals surface area (Å²) in [4.78, 5) is 1.17. The highest BCUT2D eigenvalue weighted by atomic mass is 35.5. The second-order valence-corrected chi connectivity index (χ2v) is 11.4. The number of para-hydroxylation sites is 2. The molecule has 0 spiro atoms. The third kappa shape index (κ3) is 5.19. The van der Waals surface area contributed by atoms with Crippen molar-refractivity contribution in [1.29, 1.82) is 0 Å². The van der Waals surface area contributed by atoms with Crippen LogP contribution >= 0.6 is 69.9 Å². The number of nitrogens with zero attached hydrogens (tertiary/aromatic N) is 4. The molecule has 0 aliphatic heterocycles. The van der Waals surface area contributed by atoms with Crippen LogP contribution in [0.4, 0.5) is 0 Å². The van der Waals surface area contributed by atoms with Gasteiger partial charge in [0.05, 0.1) is 21.5 Å². The minimum Gasteiger partial charge on any atom is -0.349 e. The third-order valence-electron chi connectivity index (χ3n) is 5.44. The van der Waals surface area contributed by atoms with Gasteiger partial charge < -0.3 is 4.57 Å². The molecule has 178 valence electrons. The van der Waals surface area contributed by atoms with Crippen molar-refractivity contribution in [2.45, 2.75) is 21.6 Å². The van der Waals surface area contributed by atoms with Crippen molar-refractivity contribution in [2.75, 3.05) is 0 Å². The van der Waals surface area contributed by atoms with E-state index in [9.17, 15) is 0 Å². The first-order chi connectivity index (χ1) is 16.9. The van der Waals surface area contributed by atoms with Crippen LogP contribution in [0.1, 0.15) is 11.4 Å². The maximum absolute atomic E-state index is 6.61. The van der Waals surface area contributed by atoms with Crippen LogP contribution in [-0.2, 0) is 18.6 Å². The van der Waals surface area contributed by atoms with Crippen LogP contribution in [0.5, 0.6) is 0 Å². The molecule has 2 heterocycles. The molecule has 0 aliphatic rings. The lowest BCUT2D eigenvalue weighted by Gasteiger charge is -2.13. The lowest BCUT2D eigenvalue weighted by Crippen LogP contribution is -2.04. The van der Waals surface area contributed by atoms with Crippen molar-refractivity contribution in [3.63, 3.8) is 0 Å². The molecule has 35 heavy (non-hydrogen) atoms. The highest BCUT2D eigenvalue weighted by Crippen LogP contribution is 2.37. The second kappa shape index (κ2) is 10.7. The predicted octanol–water partition coefficient (Wildman–Crippen LogP) is 8.96. The Morgan fingerprint density at radius 3 is 2.37 bits per heavy atom. The van der Waals surface area contributed by atoms with Crippen LogP contribution in [0.15, 0.2) is 76.9 Å². The number of thioether (sulfide) groups is 2. The number of fused-ring (bicyclic) bond motifs is 1. The fourth-order valence-electron chi connectivity index (χ4n) is 3.77. The molecule has 4 nitrogen and oxygen atoms in total. The van der Waals surface area contributed by atoms with Gasteiger partial charge in [0.15, 0.2) is 5.16 Å². The fourth-order valence-corrected chi connectivity index (χ4v) is 6.78. The van der Waals surface area contributed by atoms with Gasteiger partial charge in [-0.15, -0.1) is 22.0 Å². The van der Waals surface area contributed by atoms with Crippen molar-refractivity contribution in [3.05, 3.63) is 98.3 Å². The highest BCUT2D eigenvalue weighted by molar-refractivity contribution is 7.99. The zero-order chi connectivity index (χ0) is 24.5. The SMILES string of the molecule is Cn1cc(SCc2nnc(SCc3cc(Cl)ccc3Cl)n2-c2c(Cl)cccc2Cl)c2ccccc21. The maximum atomic E-state index is 6.61. The van der Waals surface area contributed by atoms with Gasteiger partial charge >= 0.3 is 0 Å². The zero-order valence-corrected chi connectivity index (χ0v) is 23.0. The Labute approximate surface area is 231 Å². The molecule has 0 fully saturated rings. The van der Waals surface area contributed by atoms with Gasteiger partial charge in [-0.05, 0) is 42.0 Å². The summed E-state index contributed by atoms with van der Waals surface area (Å²) in [6.45, 7) is 0. The lowest BCUT2D eigenvalue weighted by molar-refractivity contribution is 0.864. The van der Waals surface area contributed by atoms with E-state index in [0.29, 0.717) is 42.4 Å². The summed E-state index contributed by atoms with van der Waals surface area (Å²) in [7, 11) is 2.05. The Morgan fingerprint density at radius 2 is 1.57 bits per heavy atom. The molecule has 0 saturated carbocycles. The van der Waals surface area contributed by atoms with Crippen LogP contribution in [0.2, 0.25) is 20.1 Å². The average molecular weight is 580 g/mol. The number of hydrogen-bond donors (Lipinski definition) is 0. The zero-order valence-electron chi connectivity index (χ0n) is 18.4. The van der Waals surface area contributed by atoms with Gasteiger partial charge in [-0.1, -0.05) is 82.4 Å². The number of aryl methyl sites for hydroxylation is 1. The first-order valence-corrected chi connectivity index (χ1v) is 14.0. The van der Waals surface area contributed by atoms with Gasteiger partial charge in [0, 0.05) is 44.8 Å². The van der Waals surface area contributed by atoms with E-state index in [-0.39, 0.29) is 0 Å². The molecular formula is C25H18Cl4N4S2. The Bertz CT molecular complexity index is 1510. The van der Waals surface area contributed by atoms with E-state index in [1.54, 1.807) is 23.9 Å². The standard InChI is InChI=1S/C25H18Cl4N4S2/c1-32-12-22(17-5-2-3-8-21(17)32)34-14-23-30-31-25(33(23)24-19(28)6-4-7-20(24)29)35-13-15-11-16(26)9-10-18(15)27/h2-12H,13-14H2,1H3. The molecule has 0 N–H and O–H groups in total. The summed E-state index contributed by atoms with van der Waals surface area (Å²) in [5.74, 6) is 1.90. The van der Waals surface area contributed by atoms with E-state index in [0.717, 1.165) is 11.4 Å². The largest absolute Gasteiger partial charge is 0.349 e. The van der Waals surface area contributed by atoms with Crippen LogP contribution in [0.25, 0.3) is 16.6 Å². The van der Waals surface area contributed by atoms with Crippen LogP contribution in [-0.4, -0.2) is 19.3 Å². The molecular weight excluding hydrogens is 562 g/mol. The topological polar surface area (TPSA) is 35.6 Å². The first-order valence-electron chi connectivity index (χ1n) is 10.5. The number of benzene rings is 3. The van der Waals surface area contributed by atoms with Crippen molar-refractivity contribution in [3.8, 4) is 5.69 Å². The van der Waals surface area contributed by atoms with Crippen LogP contribution < -0.4 is 0 Å². The van der Waals surface area contributed by atoms with Gasteiger partial charge in [0.1, 0.15) is 5.82 Å². The molecule has 0 aliphatic carbocycles. The molecule has 0 saturated heterocycles. The summed E-state index contributed by atoms with van der Waals surface area (Å²) in [5.41, 5.74) is 2.75. The smallest absolute Gasteiger partial charge is 0.196 e. The van der Waals surface area contributed by atoms with E-state index in [1.165, 1.54) is 27.6 Å². The Hall–Kier alpha value is -1.80. The lowest BCUT2D eigenvalue weighted by atomic mass is 10.2. The second-order valence-electron chi connectivity index (χ2n) is 7.74. The van der Waals surface area contributed by atoms with Gasteiger partial charge in [-0.25, -0.2) is 0 Å². The minimum atomic E-state index is 0.524. The summed E-state index contributed by atoms with van der Waals surface area (Å²) in [5, 5.41) is 13.2. The molecule has 0 amide bonds. The average Bonchev–Trinajstić information content (AvgIpc) is 3.39. The molecule has 0 bridgehead atoms. The quantitative estimate of drug-likeness (QED) is 0.180. The Morgan fingerprint density at radius 1 is 0.800 bits per heavy atom. The third-order valence-corrected chi connectivity index (χ3v) is 8.67. The summed E-state index contributed by atoms with van der Waals surface area (Å²) < 4.78 is 4.06. The molecule has 2 aromatic heterocycles. The van der Waals surface area contributed by atoms with Gasteiger partial charge in [-0.3, -0.25) is 4.57 Å². The van der Waals surface area contributed by atoms with E-state index in [2.05, 4.69) is 33.1 Å². The number of hydrogen-bond acceptors (Lipinski definition) is 4. The molecule has 10 heteroatoms. The molecule has 0 atom stereocenters. The Balaban J connectivity index is 1.50. The van der Waals surface area contributed by atoms with Gasteiger partial charge in [0.25, 0.3) is 0 Å². The monoisotopic (exact) mass is 578 g/mol. The number of halogens is 4. The van der Waals surface area contributed by atoms with Crippen molar-refractivity contribution >= 4 is 80.8 Å². The number of rotatable bonds is 7. The van der Waals surface area contributed by atoms with E-state index in [1.807, 2.05) is 48.0 Å². The first kappa shape index (κ1) is 24.9. The summed E-state index contributed by atoms with van der Waals surface area (Å²) in [6.07, 6.45) is 2.13. The van der Waals surface area contributed by atoms with Gasteiger partial charge in [-0.2, -0.15) is 0 Å². The molecule has 5 aromatic rings. The summed E-state index contributed by atoms with van der Waals surface area (Å²) in [6, 6.07) is 19.2. The molecule has 5 rings (SSSR count). The van der Waals surface area contributed by atoms with Crippen LogP contribution in [0, 0.1) is 0 Å². The van der Waals surface area contributed by atoms with Crippen molar-refractivity contribution < 1.29 is 0 Å². The highest BCUT2D eigenvalue weighted by Gasteiger charge is 2.20.